The van der Waals surface area contributed by atoms with E-state index in [2.05, 4.69) is 18.1 Å². The maximum absolute atomic E-state index is 8.81. The molecule has 1 heterocycles. The van der Waals surface area contributed by atoms with Gasteiger partial charge in [0, 0.05) is 18.1 Å². The third-order valence-corrected chi connectivity index (χ3v) is 2.59. The standard InChI is InChI=1S/C13H15NO2/c1-2-10-5-3-4-6-12(10)13-9-11(7-8-15)16-14-13/h3-6,9,15H,2,7-8H2,1H3. The van der Waals surface area contributed by atoms with Crippen molar-refractivity contribution in [3.8, 4) is 11.3 Å². The monoisotopic (exact) mass is 217 g/mol. The highest BCUT2D eigenvalue weighted by Crippen LogP contribution is 2.23. The van der Waals surface area contributed by atoms with Gasteiger partial charge in [0.2, 0.25) is 0 Å². The van der Waals surface area contributed by atoms with Crippen LogP contribution in [0.2, 0.25) is 0 Å². The molecular weight excluding hydrogens is 202 g/mol. The van der Waals surface area contributed by atoms with Crippen LogP contribution < -0.4 is 0 Å². The number of rotatable bonds is 4. The summed E-state index contributed by atoms with van der Waals surface area (Å²) in [6.07, 6.45) is 1.49. The Morgan fingerprint density at radius 1 is 1.31 bits per heavy atom. The van der Waals surface area contributed by atoms with E-state index >= 15 is 0 Å². The van der Waals surface area contributed by atoms with E-state index in [4.69, 9.17) is 9.63 Å². The lowest BCUT2D eigenvalue weighted by atomic mass is 10.0. The summed E-state index contributed by atoms with van der Waals surface area (Å²) >= 11 is 0. The SMILES string of the molecule is CCc1ccccc1-c1cc(CCO)on1. The van der Waals surface area contributed by atoms with Gasteiger partial charge in [0.25, 0.3) is 0 Å². The van der Waals surface area contributed by atoms with Crippen LogP contribution in [0.1, 0.15) is 18.2 Å². The number of aromatic nitrogens is 1. The fraction of sp³-hybridized carbons (Fsp3) is 0.308. The van der Waals surface area contributed by atoms with Gasteiger partial charge >= 0.3 is 0 Å². The highest BCUT2D eigenvalue weighted by molar-refractivity contribution is 5.63. The van der Waals surface area contributed by atoms with E-state index in [1.165, 1.54) is 5.56 Å². The quantitative estimate of drug-likeness (QED) is 0.855. The zero-order valence-electron chi connectivity index (χ0n) is 9.31. The zero-order valence-corrected chi connectivity index (χ0v) is 9.31. The van der Waals surface area contributed by atoms with Gasteiger partial charge in [0.1, 0.15) is 11.5 Å². The molecule has 0 aliphatic carbocycles. The highest BCUT2D eigenvalue weighted by Gasteiger charge is 2.08. The van der Waals surface area contributed by atoms with Crippen LogP contribution in [0.15, 0.2) is 34.9 Å². The Bertz CT molecular complexity index is 462. The summed E-state index contributed by atoms with van der Waals surface area (Å²) < 4.78 is 5.15. The van der Waals surface area contributed by atoms with Crippen LogP contribution in [0.4, 0.5) is 0 Å². The van der Waals surface area contributed by atoms with Crippen molar-refractivity contribution in [2.24, 2.45) is 0 Å². The Morgan fingerprint density at radius 2 is 2.12 bits per heavy atom. The third-order valence-electron chi connectivity index (χ3n) is 2.59. The summed E-state index contributed by atoms with van der Waals surface area (Å²) in [7, 11) is 0. The Kier molecular flexibility index (Phi) is 3.37. The highest BCUT2D eigenvalue weighted by atomic mass is 16.5. The fourth-order valence-electron chi connectivity index (χ4n) is 1.75. The Hall–Kier alpha value is -1.61. The van der Waals surface area contributed by atoms with Crippen molar-refractivity contribution >= 4 is 0 Å². The fourth-order valence-corrected chi connectivity index (χ4v) is 1.75. The van der Waals surface area contributed by atoms with Crippen molar-refractivity contribution in [2.45, 2.75) is 19.8 Å². The van der Waals surface area contributed by atoms with Gasteiger partial charge in [0.05, 0.1) is 6.61 Å². The molecule has 2 rings (SSSR count). The van der Waals surface area contributed by atoms with Crippen molar-refractivity contribution < 1.29 is 9.63 Å². The van der Waals surface area contributed by atoms with E-state index in [1.807, 2.05) is 24.3 Å². The van der Waals surface area contributed by atoms with Crippen molar-refractivity contribution in [2.75, 3.05) is 6.61 Å². The second-order valence-corrected chi connectivity index (χ2v) is 3.66. The lowest BCUT2D eigenvalue weighted by Gasteiger charge is -2.02. The molecule has 1 aromatic heterocycles. The predicted molar refractivity (Wildman–Crippen MR) is 62.1 cm³/mol. The molecule has 0 unspecified atom stereocenters. The van der Waals surface area contributed by atoms with E-state index in [0.29, 0.717) is 6.42 Å². The molecule has 0 saturated heterocycles. The van der Waals surface area contributed by atoms with Crippen LogP contribution in [-0.4, -0.2) is 16.9 Å². The third kappa shape index (κ3) is 2.14. The van der Waals surface area contributed by atoms with Crippen molar-refractivity contribution in [1.82, 2.24) is 5.16 Å². The number of aryl methyl sites for hydroxylation is 1. The van der Waals surface area contributed by atoms with Gasteiger partial charge in [-0.2, -0.15) is 0 Å². The molecule has 3 heteroatoms. The van der Waals surface area contributed by atoms with Crippen LogP contribution >= 0.6 is 0 Å². The van der Waals surface area contributed by atoms with Gasteiger partial charge in [-0.25, -0.2) is 0 Å². The maximum Gasteiger partial charge on any atom is 0.139 e. The average Bonchev–Trinajstić information content (AvgIpc) is 2.78. The number of aliphatic hydroxyl groups excluding tert-OH is 1. The molecule has 0 bridgehead atoms. The maximum atomic E-state index is 8.81. The lowest BCUT2D eigenvalue weighted by molar-refractivity contribution is 0.277. The molecule has 0 fully saturated rings. The molecule has 3 nitrogen and oxygen atoms in total. The number of aliphatic hydroxyl groups is 1. The molecule has 0 atom stereocenters. The molecule has 84 valence electrons. The Morgan fingerprint density at radius 3 is 2.88 bits per heavy atom. The summed E-state index contributed by atoms with van der Waals surface area (Å²) in [5, 5.41) is 12.8. The molecule has 0 aliphatic heterocycles. The van der Waals surface area contributed by atoms with E-state index in [1.54, 1.807) is 0 Å². The Balaban J connectivity index is 2.34. The van der Waals surface area contributed by atoms with Gasteiger partial charge in [-0.15, -0.1) is 0 Å². The molecule has 0 spiro atoms. The normalized spacial score (nSPS) is 10.6. The summed E-state index contributed by atoms with van der Waals surface area (Å²) in [4.78, 5) is 0. The minimum atomic E-state index is 0.0874. The predicted octanol–water partition coefficient (Wildman–Crippen LogP) is 2.44. The first-order valence-electron chi connectivity index (χ1n) is 5.50. The van der Waals surface area contributed by atoms with E-state index < -0.39 is 0 Å². The summed E-state index contributed by atoms with van der Waals surface area (Å²) in [6, 6.07) is 10.0. The number of hydrogen-bond acceptors (Lipinski definition) is 3. The Labute approximate surface area is 94.7 Å². The lowest BCUT2D eigenvalue weighted by Crippen LogP contribution is -1.87. The van der Waals surface area contributed by atoms with Crippen LogP contribution in [0.3, 0.4) is 0 Å². The summed E-state index contributed by atoms with van der Waals surface area (Å²) in [5.41, 5.74) is 3.21. The molecule has 0 radical (unpaired) electrons. The van der Waals surface area contributed by atoms with E-state index in [0.717, 1.165) is 23.4 Å². The van der Waals surface area contributed by atoms with Gasteiger partial charge in [-0.1, -0.05) is 36.3 Å². The molecule has 2 aromatic rings. The minimum Gasteiger partial charge on any atom is -0.396 e. The second-order valence-electron chi connectivity index (χ2n) is 3.66. The van der Waals surface area contributed by atoms with E-state index in [-0.39, 0.29) is 6.61 Å². The first-order valence-corrected chi connectivity index (χ1v) is 5.50. The summed E-state index contributed by atoms with van der Waals surface area (Å²) in [5.74, 6) is 0.725. The van der Waals surface area contributed by atoms with Gasteiger partial charge in [0.15, 0.2) is 0 Å². The van der Waals surface area contributed by atoms with Gasteiger partial charge < -0.3 is 9.63 Å². The van der Waals surface area contributed by atoms with Gasteiger partial charge in [-0.3, -0.25) is 0 Å². The second kappa shape index (κ2) is 4.94. The first-order chi connectivity index (χ1) is 7.85. The topological polar surface area (TPSA) is 46.3 Å². The molecule has 0 aliphatic rings. The van der Waals surface area contributed by atoms with Crippen LogP contribution in [0.5, 0.6) is 0 Å². The summed E-state index contributed by atoms with van der Waals surface area (Å²) in [6.45, 7) is 2.21. The number of nitrogens with zero attached hydrogens (tertiary/aromatic N) is 1. The number of hydrogen-bond donors (Lipinski definition) is 1. The minimum absolute atomic E-state index is 0.0874. The van der Waals surface area contributed by atoms with Crippen molar-refractivity contribution in [3.63, 3.8) is 0 Å². The van der Waals surface area contributed by atoms with Crippen molar-refractivity contribution in [3.05, 3.63) is 41.7 Å². The first kappa shape index (κ1) is 10.9. The molecule has 16 heavy (non-hydrogen) atoms. The van der Waals surface area contributed by atoms with Gasteiger partial charge in [-0.05, 0) is 12.0 Å². The van der Waals surface area contributed by atoms with E-state index in [9.17, 15) is 0 Å². The smallest absolute Gasteiger partial charge is 0.139 e. The largest absolute Gasteiger partial charge is 0.396 e. The van der Waals surface area contributed by atoms with Crippen LogP contribution in [0, 0.1) is 0 Å². The molecular formula is C13H15NO2. The zero-order chi connectivity index (χ0) is 11.4. The van der Waals surface area contributed by atoms with Crippen molar-refractivity contribution in [1.29, 1.82) is 0 Å². The van der Waals surface area contributed by atoms with Crippen LogP contribution in [-0.2, 0) is 12.8 Å². The van der Waals surface area contributed by atoms with Crippen LogP contribution in [0.25, 0.3) is 11.3 Å². The molecule has 0 amide bonds. The molecule has 0 saturated carbocycles. The molecule has 1 aromatic carbocycles. The molecule has 1 N–H and O–H groups in total. The number of benzene rings is 1. The average molecular weight is 217 g/mol.